The summed E-state index contributed by atoms with van der Waals surface area (Å²) in [6.45, 7) is 8.32. The predicted octanol–water partition coefficient (Wildman–Crippen LogP) is 1.54. The molecule has 0 atom stereocenters. The van der Waals surface area contributed by atoms with E-state index >= 15 is 0 Å². The zero-order valence-corrected chi connectivity index (χ0v) is 13.3. The number of hydrogen-bond acceptors (Lipinski definition) is 4. The summed E-state index contributed by atoms with van der Waals surface area (Å²) in [6, 6.07) is 0. The number of amides is 1. The molecule has 21 heavy (non-hydrogen) atoms. The lowest BCUT2D eigenvalue weighted by molar-refractivity contribution is -0.120. The van der Waals surface area contributed by atoms with E-state index in [4.69, 9.17) is 4.52 Å². The molecular formula is C15H22N4O2. The van der Waals surface area contributed by atoms with Gasteiger partial charge in [0, 0.05) is 24.8 Å². The minimum Gasteiger partial charge on any atom is -0.361 e. The standard InChI is InChI=1S/C15H22N4O2/c1-9-13(11(3)19(5)17-9)6-7-16-15(20)8-14-10(2)18-21-12(14)4/h6-8H2,1-5H3,(H,16,20). The van der Waals surface area contributed by atoms with Crippen molar-refractivity contribution in [3.05, 3.63) is 34.0 Å². The highest BCUT2D eigenvalue weighted by Crippen LogP contribution is 2.13. The van der Waals surface area contributed by atoms with Crippen LogP contribution in [0.5, 0.6) is 0 Å². The number of nitrogens with one attached hydrogen (secondary N) is 1. The Kier molecular flexibility index (Phi) is 4.45. The Labute approximate surface area is 124 Å². The van der Waals surface area contributed by atoms with Gasteiger partial charge in [-0.25, -0.2) is 0 Å². The number of nitrogens with zero attached hydrogens (tertiary/aromatic N) is 3. The normalized spacial score (nSPS) is 10.9. The lowest BCUT2D eigenvalue weighted by atomic mass is 10.1. The van der Waals surface area contributed by atoms with Crippen molar-refractivity contribution < 1.29 is 9.32 Å². The molecule has 0 aromatic carbocycles. The van der Waals surface area contributed by atoms with E-state index in [1.54, 1.807) is 0 Å². The highest BCUT2D eigenvalue weighted by atomic mass is 16.5. The fourth-order valence-corrected chi connectivity index (χ4v) is 2.48. The van der Waals surface area contributed by atoms with Crippen molar-refractivity contribution in [2.75, 3.05) is 6.54 Å². The van der Waals surface area contributed by atoms with Crippen LogP contribution in [-0.2, 0) is 24.7 Å². The average molecular weight is 290 g/mol. The fourth-order valence-electron chi connectivity index (χ4n) is 2.48. The largest absolute Gasteiger partial charge is 0.361 e. The van der Waals surface area contributed by atoms with Crippen LogP contribution < -0.4 is 5.32 Å². The second-order valence-corrected chi connectivity index (χ2v) is 5.35. The summed E-state index contributed by atoms with van der Waals surface area (Å²) in [7, 11) is 1.93. The van der Waals surface area contributed by atoms with Crippen molar-refractivity contribution in [3.63, 3.8) is 0 Å². The van der Waals surface area contributed by atoms with Crippen LogP contribution in [0.1, 0.15) is 34.0 Å². The molecule has 0 spiro atoms. The monoisotopic (exact) mass is 290 g/mol. The van der Waals surface area contributed by atoms with Gasteiger partial charge in [-0.15, -0.1) is 0 Å². The molecular weight excluding hydrogens is 268 g/mol. The van der Waals surface area contributed by atoms with E-state index in [1.165, 1.54) is 5.56 Å². The van der Waals surface area contributed by atoms with Gasteiger partial charge in [-0.2, -0.15) is 5.10 Å². The van der Waals surface area contributed by atoms with Gasteiger partial charge in [0.05, 0.1) is 17.8 Å². The summed E-state index contributed by atoms with van der Waals surface area (Å²) < 4.78 is 6.93. The fraction of sp³-hybridized carbons (Fsp3) is 0.533. The van der Waals surface area contributed by atoms with Crippen LogP contribution in [0.4, 0.5) is 0 Å². The molecule has 0 bridgehead atoms. The molecule has 2 aromatic heterocycles. The molecule has 1 N–H and O–H groups in total. The molecule has 0 unspecified atom stereocenters. The Balaban J connectivity index is 1.88. The third-order valence-corrected chi connectivity index (χ3v) is 3.87. The Morgan fingerprint density at radius 2 is 1.90 bits per heavy atom. The summed E-state index contributed by atoms with van der Waals surface area (Å²) in [5, 5.41) is 11.2. The molecule has 0 aliphatic rings. The molecule has 1 amide bonds. The van der Waals surface area contributed by atoms with Gasteiger partial charge >= 0.3 is 0 Å². The molecule has 0 aliphatic heterocycles. The maximum atomic E-state index is 12.0. The Morgan fingerprint density at radius 1 is 1.19 bits per heavy atom. The zero-order valence-electron chi connectivity index (χ0n) is 13.3. The molecule has 0 saturated carbocycles. The van der Waals surface area contributed by atoms with Crippen LogP contribution in [0.25, 0.3) is 0 Å². The third-order valence-electron chi connectivity index (χ3n) is 3.87. The maximum Gasteiger partial charge on any atom is 0.224 e. The first kappa shape index (κ1) is 15.3. The molecule has 114 valence electrons. The van der Waals surface area contributed by atoms with Crippen molar-refractivity contribution in [3.8, 4) is 0 Å². The molecule has 0 fully saturated rings. The van der Waals surface area contributed by atoms with E-state index in [2.05, 4.69) is 15.6 Å². The Hall–Kier alpha value is -2.11. The van der Waals surface area contributed by atoms with Crippen LogP contribution in [0.15, 0.2) is 4.52 Å². The highest BCUT2D eigenvalue weighted by molar-refractivity contribution is 5.79. The summed E-state index contributed by atoms with van der Waals surface area (Å²) in [6.07, 6.45) is 1.10. The molecule has 2 aromatic rings. The van der Waals surface area contributed by atoms with Gasteiger partial charge in [-0.3, -0.25) is 9.48 Å². The van der Waals surface area contributed by atoms with Crippen molar-refractivity contribution in [1.82, 2.24) is 20.3 Å². The molecule has 0 radical (unpaired) electrons. The lowest BCUT2D eigenvalue weighted by Crippen LogP contribution is -2.27. The van der Waals surface area contributed by atoms with E-state index in [0.29, 0.717) is 18.7 Å². The van der Waals surface area contributed by atoms with Gasteiger partial charge in [0.2, 0.25) is 5.91 Å². The Bertz CT molecular complexity index is 635. The summed E-state index contributed by atoms with van der Waals surface area (Å²) in [5.41, 5.74) is 5.03. The van der Waals surface area contributed by atoms with Crippen molar-refractivity contribution in [2.24, 2.45) is 7.05 Å². The number of carbonyl (C=O) groups excluding carboxylic acids is 1. The van der Waals surface area contributed by atoms with E-state index in [1.807, 2.05) is 39.4 Å². The van der Waals surface area contributed by atoms with Crippen LogP contribution >= 0.6 is 0 Å². The number of hydrogen-bond donors (Lipinski definition) is 1. The molecule has 2 heterocycles. The summed E-state index contributed by atoms with van der Waals surface area (Å²) >= 11 is 0. The molecule has 6 heteroatoms. The topological polar surface area (TPSA) is 73.0 Å². The molecule has 2 rings (SSSR count). The second-order valence-electron chi connectivity index (χ2n) is 5.35. The van der Waals surface area contributed by atoms with Crippen molar-refractivity contribution in [2.45, 2.75) is 40.5 Å². The first-order valence-electron chi connectivity index (χ1n) is 7.07. The van der Waals surface area contributed by atoms with E-state index < -0.39 is 0 Å². The highest BCUT2D eigenvalue weighted by Gasteiger charge is 2.14. The summed E-state index contributed by atoms with van der Waals surface area (Å²) in [4.78, 5) is 12.0. The predicted molar refractivity (Wildman–Crippen MR) is 79.1 cm³/mol. The van der Waals surface area contributed by atoms with E-state index in [-0.39, 0.29) is 5.91 Å². The quantitative estimate of drug-likeness (QED) is 0.906. The average Bonchev–Trinajstić information content (AvgIpc) is 2.85. The SMILES string of the molecule is Cc1noc(C)c1CC(=O)NCCc1c(C)nn(C)c1C. The van der Waals surface area contributed by atoms with Gasteiger partial charge in [-0.1, -0.05) is 5.16 Å². The minimum absolute atomic E-state index is 0.0106. The van der Waals surface area contributed by atoms with E-state index in [9.17, 15) is 4.79 Å². The summed E-state index contributed by atoms with van der Waals surface area (Å²) in [5.74, 6) is 0.699. The smallest absolute Gasteiger partial charge is 0.224 e. The van der Waals surface area contributed by atoms with Gasteiger partial charge in [0.1, 0.15) is 5.76 Å². The van der Waals surface area contributed by atoms with Crippen molar-refractivity contribution in [1.29, 1.82) is 0 Å². The van der Waals surface area contributed by atoms with Gasteiger partial charge in [0.15, 0.2) is 0 Å². The molecule has 0 saturated heterocycles. The van der Waals surface area contributed by atoms with Crippen LogP contribution in [0.2, 0.25) is 0 Å². The van der Waals surface area contributed by atoms with Gasteiger partial charge in [0.25, 0.3) is 0 Å². The zero-order chi connectivity index (χ0) is 15.6. The number of aryl methyl sites for hydroxylation is 4. The molecule has 6 nitrogen and oxygen atoms in total. The Morgan fingerprint density at radius 3 is 2.43 bits per heavy atom. The minimum atomic E-state index is -0.0106. The van der Waals surface area contributed by atoms with Crippen LogP contribution in [0.3, 0.4) is 0 Å². The van der Waals surface area contributed by atoms with Gasteiger partial charge in [-0.05, 0) is 39.7 Å². The van der Waals surface area contributed by atoms with Crippen molar-refractivity contribution >= 4 is 5.91 Å². The number of carbonyl (C=O) groups is 1. The maximum absolute atomic E-state index is 12.0. The lowest BCUT2D eigenvalue weighted by Gasteiger charge is -2.06. The van der Waals surface area contributed by atoms with E-state index in [0.717, 1.165) is 29.1 Å². The first-order valence-corrected chi connectivity index (χ1v) is 7.07. The van der Waals surface area contributed by atoms with Crippen LogP contribution in [-0.4, -0.2) is 27.4 Å². The number of aromatic nitrogens is 3. The number of rotatable bonds is 5. The third kappa shape index (κ3) is 3.32. The second kappa shape index (κ2) is 6.11. The first-order chi connectivity index (χ1) is 9.90. The van der Waals surface area contributed by atoms with Gasteiger partial charge < -0.3 is 9.84 Å². The molecule has 0 aliphatic carbocycles. The van der Waals surface area contributed by atoms with Crippen LogP contribution in [0, 0.1) is 27.7 Å².